The van der Waals surface area contributed by atoms with Crippen LogP contribution in [0.5, 0.6) is 5.75 Å². The van der Waals surface area contributed by atoms with Gasteiger partial charge in [0.2, 0.25) is 0 Å². The van der Waals surface area contributed by atoms with Gasteiger partial charge in [-0.3, -0.25) is 4.79 Å². The van der Waals surface area contributed by atoms with Gasteiger partial charge in [-0.25, -0.2) is 0 Å². The fourth-order valence-corrected chi connectivity index (χ4v) is 3.00. The second kappa shape index (κ2) is 10.2. The predicted molar refractivity (Wildman–Crippen MR) is 111 cm³/mol. The molecule has 144 valence electrons. The van der Waals surface area contributed by atoms with Gasteiger partial charge in [0, 0.05) is 22.7 Å². The Labute approximate surface area is 173 Å². The van der Waals surface area contributed by atoms with Crippen LogP contribution in [0, 0.1) is 0 Å². The number of hydrogen-bond acceptors (Lipinski definition) is 4. The molecule has 0 amide bonds. The Bertz CT molecular complexity index is 908. The number of ether oxygens (including phenoxy) is 3. The van der Waals surface area contributed by atoms with Crippen LogP contribution in [0.1, 0.15) is 27.0 Å². The molecule has 0 atom stereocenters. The van der Waals surface area contributed by atoms with Gasteiger partial charge in [-0.05, 0) is 53.6 Å². The summed E-state index contributed by atoms with van der Waals surface area (Å²) >= 11 is 3.39. The molecule has 0 aliphatic heterocycles. The lowest BCUT2D eigenvalue weighted by Gasteiger charge is -2.13. The first-order chi connectivity index (χ1) is 13.7. The SMILES string of the molecule is COCOCc1cc(OCc2ccccc2)ccc1C(=O)c1ccc(Br)cc1. The molecule has 3 aromatic carbocycles. The van der Waals surface area contributed by atoms with Crippen LogP contribution < -0.4 is 4.74 Å². The highest BCUT2D eigenvalue weighted by molar-refractivity contribution is 9.10. The van der Waals surface area contributed by atoms with Gasteiger partial charge in [0.05, 0.1) is 6.61 Å². The van der Waals surface area contributed by atoms with Crippen LogP contribution in [0.4, 0.5) is 0 Å². The van der Waals surface area contributed by atoms with Gasteiger partial charge in [0.1, 0.15) is 19.1 Å². The minimum atomic E-state index is -0.0573. The molecule has 0 saturated carbocycles. The third kappa shape index (κ3) is 5.52. The van der Waals surface area contributed by atoms with Crippen molar-refractivity contribution in [3.05, 3.63) is 99.5 Å². The normalized spacial score (nSPS) is 10.6. The first-order valence-electron chi connectivity index (χ1n) is 8.84. The minimum Gasteiger partial charge on any atom is -0.489 e. The van der Waals surface area contributed by atoms with E-state index >= 15 is 0 Å². The van der Waals surface area contributed by atoms with Crippen LogP contribution in [-0.2, 0) is 22.7 Å². The number of hydrogen-bond donors (Lipinski definition) is 0. The van der Waals surface area contributed by atoms with Crippen LogP contribution in [0.25, 0.3) is 0 Å². The molecular weight excluding hydrogens is 420 g/mol. The van der Waals surface area contributed by atoms with Gasteiger partial charge < -0.3 is 14.2 Å². The molecule has 3 aromatic rings. The Kier molecular flexibility index (Phi) is 7.37. The van der Waals surface area contributed by atoms with Crippen LogP contribution in [0.3, 0.4) is 0 Å². The summed E-state index contributed by atoms with van der Waals surface area (Å²) in [4.78, 5) is 13.0. The Balaban J connectivity index is 1.81. The highest BCUT2D eigenvalue weighted by Crippen LogP contribution is 2.23. The van der Waals surface area contributed by atoms with Crippen molar-refractivity contribution >= 4 is 21.7 Å². The zero-order valence-electron chi connectivity index (χ0n) is 15.6. The van der Waals surface area contributed by atoms with Gasteiger partial charge in [-0.1, -0.05) is 46.3 Å². The first-order valence-corrected chi connectivity index (χ1v) is 9.63. The second-order valence-electron chi connectivity index (χ2n) is 6.18. The van der Waals surface area contributed by atoms with Gasteiger partial charge in [0.15, 0.2) is 5.78 Å². The molecule has 3 rings (SSSR count). The molecule has 0 unspecified atom stereocenters. The van der Waals surface area contributed by atoms with Crippen molar-refractivity contribution < 1.29 is 19.0 Å². The molecule has 0 fully saturated rings. The summed E-state index contributed by atoms with van der Waals surface area (Å²) in [6, 6.07) is 22.7. The first kappa shape index (κ1) is 20.3. The number of carbonyl (C=O) groups excluding carboxylic acids is 1. The molecule has 0 N–H and O–H groups in total. The summed E-state index contributed by atoms with van der Waals surface area (Å²) in [6.45, 7) is 0.869. The molecule has 0 saturated heterocycles. The van der Waals surface area contributed by atoms with Crippen molar-refractivity contribution in [1.82, 2.24) is 0 Å². The lowest BCUT2D eigenvalue weighted by Crippen LogP contribution is -2.08. The van der Waals surface area contributed by atoms with Gasteiger partial charge in [-0.15, -0.1) is 0 Å². The van der Waals surface area contributed by atoms with E-state index in [0.717, 1.165) is 15.6 Å². The van der Waals surface area contributed by atoms with Crippen molar-refractivity contribution in [3.63, 3.8) is 0 Å². The molecular formula is C23H21BrO4. The van der Waals surface area contributed by atoms with Crippen LogP contribution >= 0.6 is 15.9 Å². The average molecular weight is 441 g/mol. The highest BCUT2D eigenvalue weighted by atomic mass is 79.9. The number of carbonyl (C=O) groups is 1. The van der Waals surface area contributed by atoms with Gasteiger partial charge >= 0.3 is 0 Å². The van der Waals surface area contributed by atoms with E-state index in [4.69, 9.17) is 14.2 Å². The number of benzene rings is 3. The van der Waals surface area contributed by atoms with Crippen LogP contribution in [0.2, 0.25) is 0 Å². The van der Waals surface area contributed by atoms with E-state index in [9.17, 15) is 4.79 Å². The molecule has 5 heteroatoms. The Morgan fingerprint density at radius 3 is 2.39 bits per heavy atom. The standard InChI is InChI=1S/C23H21BrO4/c1-26-16-27-15-19-13-21(28-14-17-5-3-2-4-6-17)11-12-22(19)23(25)18-7-9-20(24)10-8-18/h2-13H,14-16H2,1H3. The van der Waals surface area contributed by atoms with E-state index in [0.29, 0.717) is 23.5 Å². The van der Waals surface area contributed by atoms with E-state index in [1.807, 2.05) is 54.6 Å². The Morgan fingerprint density at radius 2 is 1.68 bits per heavy atom. The van der Waals surface area contributed by atoms with E-state index < -0.39 is 0 Å². The molecule has 0 aromatic heterocycles. The van der Waals surface area contributed by atoms with Crippen molar-refractivity contribution in [3.8, 4) is 5.75 Å². The summed E-state index contributed by atoms with van der Waals surface area (Å²) in [5.74, 6) is 0.630. The monoisotopic (exact) mass is 440 g/mol. The number of rotatable bonds is 9. The van der Waals surface area contributed by atoms with Gasteiger partial charge in [0.25, 0.3) is 0 Å². The fourth-order valence-electron chi connectivity index (χ4n) is 2.73. The molecule has 0 radical (unpaired) electrons. The third-order valence-electron chi connectivity index (χ3n) is 4.13. The molecule has 0 aliphatic carbocycles. The molecule has 0 bridgehead atoms. The number of ketones is 1. The van der Waals surface area contributed by atoms with E-state index in [-0.39, 0.29) is 19.2 Å². The van der Waals surface area contributed by atoms with Crippen LogP contribution in [0.15, 0.2) is 77.3 Å². The second-order valence-corrected chi connectivity index (χ2v) is 7.10. The van der Waals surface area contributed by atoms with Crippen LogP contribution in [-0.4, -0.2) is 19.7 Å². The molecule has 0 heterocycles. The lowest BCUT2D eigenvalue weighted by atomic mass is 9.98. The Hall–Kier alpha value is -2.47. The number of methoxy groups -OCH3 is 1. The summed E-state index contributed by atoms with van der Waals surface area (Å²) in [6.07, 6.45) is 0. The van der Waals surface area contributed by atoms with Crippen molar-refractivity contribution in [2.24, 2.45) is 0 Å². The molecule has 0 aliphatic rings. The van der Waals surface area contributed by atoms with Crippen molar-refractivity contribution in [1.29, 1.82) is 0 Å². The zero-order chi connectivity index (χ0) is 19.8. The maximum atomic E-state index is 13.0. The predicted octanol–water partition coefficient (Wildman–Crippen LogP) is 5.38. The van der Waals surface area contributed by atoms with E-state index in [1.54, 1.807) is 25.3 Å². The summed E-state index contributed by atoms with van der Waals surface area (Å²) in [5, 5.41) is 0. The smallest absolute Gasteiger partial charge is 0.193 e. The lowest BCUT2D eigenvalue weighted by molar-refractivity contribution is -0.0392. The Morgan fingerprint density at radius 1 is 0.929 bits per heavy atom. The summed E-state index contributed by atoms with van der Waals surface area (Å²) in [7, 11) is 1.56. The maximum absolute atomic E-state index is 13.0. The molecule has 28 heavy (non-hydrogen) atoms. The quantitative estimate of drug-likeness (QED) is 0.254. The highest BCUT2D eigenvalue weighted by Gasteiger charge is 2.15. The van der Waals surface area contributed by atoms with E-state index in [1.165, 1.54) is 0 Å². The molecule has 0 spiro atoms. The topological polar surface area (TPSA) is 44.8 Å². The van der Waals surface area contributed by atoms with Gasteiger partial charge in [-0.2, -0.15) is 0 Å². The molecule has 4 nitrogen and oxygen atoms in total. The van der Waals surface area contributed by atoms with E-state index in [2.05, 4.69) is 15.9 Å². The average Bonchev–Trinajstić information content (AvgIpc) is 2.73. The maximum Gasteiger partial charge on any atom is 0.193 e. The zero-order valence-corrected chi connectivity index (χ0v) is 17.1. The summed E-state index contributed by atoms with van der Waals surface area (Å²) < 4.78 is 17.3. The largest absolute Gasteiger partial charge is 0.489 e. The summed E-state index contributed by atoms with van der Waals surface area (Å²) in [5.41, 5.74) is 3.05. The minimum absolute atomic E-state index is 0.0573. The van der Waals surface area contributed by atoms with Crippen molar-refractivity contribution in [2.45, 2.75) is 13.2 Å². The number of halogens is 1. The van der Waals surface area contributed by atoms with Crippen molar-refractivity contribution in [2.75, 3.05) is 13.9 Å². The third-order valence-corrected chi connectivity index (χ3v) is 4.66. The fraction of sp³-hybridized carbons (Fsp3) is 0.174.